The molecule has 0 saturated carbocycles. The molecule has 9 nitrogen and oxygen atoms in total. The zero-order valence-corrected chi connectivity index (χ0v) is 15.1. The Morgan fingerprint density at radius 1 is 1.30 bits per heavy atom. The largest absolute Gasteiger partial charge is 0.465 e. The molecule has 3 heterocycles. The number of carbonyl (C=O) groups is 2. The van der Waals surface area contributed by atoms with Crippen LogP contribution >= 0.6 is 11.6 Å². The van der Waals surface area contributed by atoms with E-state index in [0.717, 1.165) is 5.56 Å². The number of carbonyl (C=O) groups excluding carboxylic acids is 1. The third kappa shape index (κ3) is 4.43. The molecule has 0 atom stereocenters. The van der Waals surface area contributed by atoms with Crippen molar-refractivity contribution in [3.8, 4) is 11.4 Å². The van der Waals surface area contributed by atoms with Crippen LogP contribution in [0.5, 0.6) is 0 Å². The van der Waals surface area contributed by atoms with Gasteiger partial charge in [-0.3, -0.25) is 14.6 Å². The van der Waals surface area contributed by atoms with Crippen LogP contribution in [-0.2, 0) is 4.79 Å². The van der Waals surface area contributed by atoms with Crippen molar-refractivity contribution >= 4 is 23.6 Å². The minimum absolute atomic E-state index is 0.0585. The van der Waals surface area contributed by atoms with Crippen LogP contribution in [0.1, 0.15) is 24.5 Å². The van der Waals surface area contributed by atoms with Crippen molar-refractivity contribution < 1.29 is 14.7 Å². The van der Waals surface area contributed by atoms with Gasteiger partial charge in [-0.25, -0.2) is 9.78 Å². The second-order valence-corrected chi connectivity index (χ2v) is 6.54. The molecule has 3 N–H and O–H groups in total. The predicted octanol–water partition coefficient (Wildman–Crippen LogP) is 1.46. The minimum Gasteiger partial charge on any atom is -0.465 e. The first-order valence-electron chi connectivity index (χ1n) is 8.40. The van der Waals surface area contributed by atoms with E-state index in [1.165, 1.54) is 0 Å². The number of halogens is 1. The van der Waals surface area contributed by atoms with E-state index in [1.54, 1.807) is 29.4 Å². The van der Waals surface area contributed by atoms with E-state index in [1.807, 2.05) is 0 Å². The van der Waals surface area contributed by atoms with E-state index >= 15 is 0 Å². The maximum atomic E-state index is 12.2. The first-order valence-corrected chi connectivity index (χ1v) is 8.78. The van der Waals surface area contributed by atoms with Crippen molar-refractivity contribution in [3.63, 3.8) is 0 Å². The summed E-state index contributed by atoms with van der Waals surface area (Å²) in [5.41, 5.74) is 0.841. The molecule has 10 heteroatoms. The Labute approximate surface area is 159 Å². The molecular formula is C17H18ClN5O4. The van der Waals surface area contributed by atoms with Crippen LogP contribution in [0.15, 0.2) is 29.3 Å². The summed E-state index contributed by atoms with van der Waals surface area (Å²) in [6.45, 7) is 0.636. The normalized spacial score (nSPS) is 14.8. The van der Waals surface area contributed by atoms with Gasteiger partial charge < -0.3 is 20.3 Å². The Bertz CT molecular complexity index is 894. The summed E-state index contributed by atoms with van der Waals surface area (Å²) in [6.07, 6.45) is 3.16. The monoisotopic (exact) mass is 391 g/mol. The molecule has 0 aliphatic carbocycles. The first kappa shape index (κ1) is 18.8. The molecule has 0 aromatic carbocycles. The third-order valence-corrected chi connectivity index (χ3v) is 4.83. The van der Waals surface area contributed by atoms with Gasteiger partial charge in [0.1, 0.15) is 17.4 Å². The van der Waals surface area contributed by atoms with Crippen LogP contribution in [-0.4, -0.2) is 56.6 Å². The lowest BCUT2D eigenvalue weighted by Gasteiger charge is -2.32. The number of nitrogens with one attached hydrogen (secondary N) is 2. The number of piperidine rings is 1. The van der Waals surface area contributed by atoms with E-state index in [2.05, 4.69) is 20.3 Å². The molecule has 2 amide bonds. The second-order valence-electron chi connectivity index (χ2n) is 6.16. The number of hydrogen-bond acceptors (Lipinski definition) is 5. The van der Waals surface area contributed by atoms with Crippen LogP contribution in [0.3, 0.4) is 0 Å². The Morgan fingerprint density at radius 3 is 2.59 bits per heavy atom. The fraction of sp³-hybridized carbons (Fsp3) is 0.353. The lowest BCUT2D eigenvalue weighted by atomic mass is 9.93. The molecule has 0 unspecified atom stereocenters. The summed E-state index contributed by atoms with van der Waals surface area (Å²) in [5.74, 6) is 0.0844. The molecule has 1 aliphatic rings. The smallest absolute Gasteiger partial charge is 0.405 e. The van der Waals surface area contributed by atoms with E-state index in [9.17, 15) is 14.4 Å². The van der Waals surface area contributed by atoms with Gasteiger partial charge in [0, 0.05) is 37.0 Å². The summed E-state index contributed by atoms with van der Waals surface area (Å²) < 4.78 is 0. The van der Waals surface area contributed by atoms with Crippen LogP contribution in [0.2, 0.25) is 5.02 Å². The van der Waals surface area contributed by atoms with Crippen LogP contribution < -0.4 is 10.9 Å². The second kappa shape index (κ2) is 8.17. The van der Waals surface area contributed by atoms with Crippen LogP contribution in [0.25, 0.3) is 11.4 Å². The van der Waals surface area contributed by atoms with E-state index in [4.69, 9.17) is 16.7 Å². The number of aromatic amines is 1. The highest BCUT2D eigenvalue weighted by Crippen LogP contribution is 2.31. The number of nitrogens with zero attached hydrogens (tertiary/aromatic N) is 3. The number of likely N-dealkylation sites (tertiary alicyclic amines) is 1. The van der Waals surface area contributed by atoms with Gasteiger partial charge in [0.05, 0.1) is 5.69 Å². The molecular weight excluding hydrogens is 374 g/mol. The summed E-state index contributed by atoms with van der Waals surface area (Å²) in [5, 5.41) is 10.7. The molecule has 27 heavy (non-hydrogen) atoms. The molecule has 2 aromatic rings. The lowest BCUT2D eigenvalue weighted by Crippen LogP contribution is -2.43. The Morgan fingerprint density at radius 2 is 1.96 bits per heavy atom. The Kier molecular flexibility index (Phi) is 5.70. The average molecular weight is 392 g/mol. The molecule has 1 fully saturated rings. The summed E-state index contributed by atoms with van der Waals surface area (Å²) in [4.78, 5) is 47.5. The Balaban J connectivity index is 1.74. The van der Waals surface area contributed by atoms with Crippen LogP contribution in [0.4, 0.5) is 4.79 Å². The zero-order chi connectivity index (χ0) is 19.4. The molecule has 1 saturated heterocycles. The molecule has 142 valence electrons. The first-order chi connectivity index (χ1) is 13.0. The summed E-state index contributed by atoms with van der Waals surface area (Å²) >= 11 is 6.20. The highest BCUT2D eigenvalue weighted by molar-refractivity contribution is 6.31. The van der Waals surface area contributed by atoms with Gasteiger partial charge in [0.2, 0.25) is 5.91 Å². The highest BCUT2D eigenvalue weighted by Gasteiger charge is 2.27. The standard InChI is InChI=1S/C17H18ClN5O4/c18-13-14(21-15(22-16(13)25)11-1-5-19-6-2-11)10-3-7-23(8-4-10)12(24)9-20-17(26)27/h1-2,5-6,10,20H,3-4,7-9H2,(H,26,27)(H,21,22,25). The summed E-state index contributed by atoms with van der Waals surface area (Å²) in [7, 11) is 0. The van der Waals surface area contributed by atoms with Gasteiger partial charge in [-0.2, -0.15) is 0 Å². The quantitative estimate of drug-likeness (QED) is 0.723. The van der Waals surface area contributed by atoms with Gasteiger partial charge >= 0.3 is 6.09 Å². The van der Waals surface area contributed by atoms with Gasteiger partial charge in [-0.05, 0) is 25.0 Å². The maximum absolute atomic E-state index is 12.2. The maximum Gasteiger partial charge on any atom is 0.405 e. The molecule has 3 rings (SSSR count). The molecule has 2 aromatic heterocycles. The SMILES string of the molecule is O=C(O)NCC(=O)N1CCC(c2nc(-c3ccncc3)[nH]c(=O)c2Cl)CC1. The average Bonchev–Trinajstić information content (AvgIpc) is 2.69. The zero-order valence-electron chi connectivity index (χ0n) is 14.3. The van der Waals surface area contributed by atoms with Crippen LogP contribution in [0, 0.1) is 0 Å². The van der Waals surface area contributed by atoms with Gasteiger partial charge in [0.25, 0.3) is 5.56 Å². The van der Waals surface area contributed by atoms with Gasteiger partial charge in [-0.1, -0.05) is 11.6 Å². The van der Waals surface area contributed by atoms with Crippen molar-refractivity contribution in [2.75, 3.05) is 19.6 Å². The highest BCUT2D eigenvalue weighted by atomic mass is 35.5. The van der Waals surface area contributed by atoms with E-state index in [-0.39, 0.29) is 23.4 Å². The van der Waals surface area contributed by atoms with E-state index < -0.39 is 11.7 Å². The van der Waals surface area contributed by atoms with Gasteiger partial charge in [-0.15, -0.1) is 0 Å². The fourth-order valence-electron chi connectivity index (χ4n) is 3.06. The fourth-order valence-corrected chi connectivity index (χ4v) is 3.30. The molecule has 1 aliphatic heterocycles. The predicted molar refractivity (Wildman–Crippen MR) is 97.7 cm³/mol. The molecule has 0 bridgehead atoms. The summed E-state index contributed by atoms with van der Waals surface area (Å²) in [6, 6.07) is 3.49. The molecule has 0 radical (unpaired) electrons. The number of pyridine rings is 1. The number of H-pyrrole nitrogens is 1. The lowest BCUT2D eigenvalue weighted by molar-refractivity contribution is -0.131. The minimum atomic E-state index is -1.23. The van der Waals surface area contributed by atoms with Crippen molar-refractivity contribution in [2.45, 2.75) is 18.8 Å². The van der Waals surface area contributed by atoms with Crippen molar-refractivity contribution in [1.82, 2.24) is 25.2 Å². The van der Waals surface area contributed by atoms with Gasteiger partial charge in [0.15, 0.2) is 0 Å². The number of amides is 2. The van der Waals surface area contributed by atoms with Crippen molar-refractivity contribution in [2.24, 2.45) is 0 Å². The van der Waals surface area contributed by atoms with E-state index in [0.29, 0.717) is 37.4 Å². The number of rotatable bonds is 4. The van der Waals surface area contributed by atoms with Crippen molar-refractivity contribution in [3.05, 3.63) is 45.6 Å². The third-order valence-electron chi connectivity index (χ3n) is 4.47. The number of aromatic nitrogens is 3. The Hall–Kier alpha value is -2.94. The number of hydrogen-bond donors (Lipinski definition) is 3. The topological polar surface area (TPSA) is 128 Å². The number of carboxylic acid groups (broad SMARTS) is 1. The molecule has 0 spiro atoms. The van der Waals surface area contributed by atoms with Crippen molar-refractivity contribution in [1.29, 1.82) is 0 Å².